The average Bonchev–Trinajstić information content (AvgIpc) is 2.23. The highest BCUT2D eigenvalue weighted by Gasteiger charge is 2.40. The van der Waals surface area contributed by atoms with E-state index in [4.69, 9.17) is 18.9 Å². The second-order valence-electron chi connectivity index (χ2n) is 3.09. The first-order chi connectivity index (χ1) is 7.15. The molecular formula is C9H14FIO4. The van der Waals surface area contributed by atoms with Crippen LogP contribution in [-0.4, -0.2) is 46.2 Å². The quantitative estimate of drug-likeness (QED) is 0.734. The minimum Gasteiger partial charge on any atom is -0.476 e. The van der Waals surface area contributed by atoms with Crippen LogP contribution in [0.5, 0.6) is 0 Å². The smallest absolute Gasteiger partial charge is 0.191 e. The second kappa shape index (κ2) is 5.97. The number of rotatable bonds is 4. The Balaban J connectivity index is 2.87. The van der Waals surface area contributed by atoms with Crippen LogP contribution < -0.4 is 0 Å². The van der Waals surface area contributed by atoms with Gasteiger partial charge in [0.05, 0.1) is 6.61 Å². The van der Waals surface area contributed by atoms with Crippen LogP contribution in [0.2, 0.25) is 0 Å². The monoisotopic (exact) mass is 332 g/mol. The minimum absolute atomic E-state index is 0.204. The highest BCUT2D eigenvalue weighted by atomic mass is 127. The van der Waals surface area contributed by atoms with Crippen molar-refractivity contribution < 1.29 is 23.3 Å². The fraction of sp³-hybridized carbons (Fsp3) is 0.778. The van der Waals surface area contributed by atoms with Crippen molar-refractivity contribution in [3.63, 3.8) is 0 Å². The van der Waals surface area contributed by atoms with Gasteiger partial charge < -0.3 is 18.9 Å². The van der Waals surface area contributed by atoms with Gasteiger partial charge in [0, 0.05) is 43.9 Å². The van der Waals surface area contributed by atoms with E-state index in [9.17, 15) is 4.39 Å². The van der Waals surface area contributed by atoms with Crippen LogP contribution in [0.25, 0.3) is 0 Å². The molecule has 1 rings (SSSR count). The molecule has 3 atom stereocenters. The molecule has 4 nitrogen and oxygen atoms in total. The SMILES string of the molecule is COC[C@H]1OC(I)=C(F)[C@@H](OC)[C@@H]1OC. The van der Waals surface area contributed by atoms with Crippen LogP contribution in [0.15, 0.2) is 9.59 Å². The Hall–Kier alpha value is 0.0800. The molecule has 88 valence electrons. The zero-order valence-electron chi connectivity index (χ0n) is 8.83. The highest BCUT2D eigenvalue weighted by Crippen LogP contribution is 2.32. The first-order valence-electron chi connectivity index (χ1n) is 4.42. The minimum atomic E-state index is -0.726. The summed E-state index contributed by atoms with van der Waals surface area (Å²) in [6.07, 6.45) is -1.57. The van der Waals surface area contributed by atoms with Gasteiger partial charge in [-0.15, -0.1) is 0 Å². The molecule has 1 heterocycles. The van der Waals surface area contributed by atoms with Crippen molar-refractivity contribution in [3.05, 3.63) is 9.59 Å². The third kappa shape index (κ3) is 2.80. The number of hydrogen-bond donors (Lipinski definition) is 0. The molecule has 0 aromatic rings. The summed E-state index contributed by atoms with van der Waals surface area (Å²) in [7, 11) is 4.49. The highest BCUT2D eigenvalue weighted by molar-refractivity contribution is 14.1. The average molecular weight is 332 g/mol. The molecular weight excluding hydrogens is 318 g/mol. The van der Waals surface area contributed by atoms with Gasteiger partial charge in [-0.2, -0.15) is 0 Å². The van der Waals surface area contributed by atoms with E-state index in [-0.39, 0.29) is 9.87 Å². The van der Waals surface area contributed by atoms with E-state index in [1.807, 2.05) is 0 Å². The predicted molar refractivity (Wildman–Crippen MR) is 60.5 cm³/mol. The maximum atomic E-state index is 13.6. The second-order valence-corrected chi connectivity index (χ2v) is 4.07. The number of methoxy groups -OCH3 is 3. The Labute approximate surface area is 102 Å². The lowest BCUT2D eigenvalue weighted by atomic mass is 10.1. The maximum absolute atomic E-state index is 13.6. The zero-order valence-corrected chi connectivity index (χ0v) is 11.0. The molecule has 0 aliphatic carbocycles. The molecule has 0 bridgehead atoms. The lowest BCUT2D eigenvalue weighted by Crippen LogP contribution is -2.47. The van der Waals surface area contributed by atoms with Crippen molar-refractivity contribution >= 4 is 22.6 Å². The molecule has 0 N–H and O–H groups in total. The van der Waals surface area contributed by atoms with Crippen LogP contribution in [0.1, 0.15) is 0 Å². The van der Waals surface area contributed by atoms with Gasteiger partial charge in [-0.25, -0.2) is 4.39 Å². The maximum Gasteiger partial charge on any atom is 0.191 e. The van der Waals surface area contributed by atoms with Gasteiger partial charge in [-0.3, -0.25) is 0 Å². The third-order valence-electron chi connectivity index (χ3n) is 2.21. The van der Waals surface area contributed by atoms with Gasteiger partial charge in [-0.05, 0) is 0 Å². The Morgan fingerprint density at radius 3 is 2.47 bits per heavy atom. The Bertz CT molecular complexity index is 246. The van der Waals surface area contributed by atoms with E-state index >= 15 is 0 Å². The number of halogens is 2. The van der Waals surface area contributed by atoms with Gasteiger partial charge in [0.15, 0.2) is 15.7 Å². The predicted octanol–water partition coefficient (Wildman–Crippen LogP) is 1.64. The molecule has 0 aromatic heterocycles. The summed E-state index contributed by atoms with van der Waals surface area (Å²) in [4.78, 5) is 0. The summed E-state index contributed by atoms with van der Waals surface area (Å²) < 4.78 is 34.3. The van der Waals surface area contributed by atoms with Crippen molar-refractivity contribution in [2.75, 3.05) is 27.9 Å². The molecule has 0 spiro atoms. The molecule has 1 aliphatic heterocycles. The van der Waals surface area contributed by atoms with Crippen LogP contribution >= 0.6 is 22.6 Å². The van der Waals surface area contributed by atoms with Gasteiger partial charge >= 0.3 is 0 Å². The van der Waals surface area contributed by atoms with Crippen LogP contribution in [-0.2, 0) is 18.9 Å². The molecule has 0 saturated carbocycles. The largest absolute Gasteiger partial charge is 0.476 e. The molecule has 0 fully saturated rings. The standard InChI is InChI=1S/C9H14FIO4/c1-12-4-5-7(13-2)8(14-3)6(10)9(11)15-5/h5,7-8H,4H2,1-3H3/t5-,7-,8-/m1/s1. The van der Waals surface area contributed by atoms with Crippen molar-refractivity contribution in [3.8, 4) is 0 Å². The van der Waals surface area contributed by atoms with Crippen molar-refractivity contribution in [2.24, 2.45) is 0 Å². The van der Waals surface area contributed by atoms with Gasteiger partial charge in [0.25, 0.3) is 0 Å². The van der Waals surface area contributed by atoms with E-state index in [2.05, 4.69) is 0 Å². The Kier molecular flexibility index (Phi) is 5.24. The number of hydrogen-bond acceptors (Lipinski definition) is 4. The Morgan fingerprint density at radius 2 is 2.00 bits per heavy atom. The summed E-state index contributed by atoms with van der Waals surface area (Å²) in [5.74, 6) is -0.433. The van der Waals surface area contributed by atoms with E-state index < -0.39 is 18.0 Å². The zero-order chi connectivity index (χ0) is 11.4. The van der Waals surface area contributed by atoms with Gasteiger partial charge in [0.1, 0.15) is 12.2 Å². The van der Waals surface area contributed by atoms with Crippen LogP contribution in [0.4, 0.5) is 4.39 Å². The molecule has 0 aromatic carbocycles. The van der Waals surface area contributed by atoms with Crippen molar-refractivity contribution in [2.45, 2.75) is 18.3 Å². The summed E-state index contributed by atoms with van der Waals surface area (Å²) in [6, 6.07) is 0. The Morgan fingerprint density at radius 1 is 1.33 bits per heavy atom. The normalized spacial score (nSPS) is 31.7. The van der Waals surface area contributed by atoms with E-state index in [1.165, 1.54) is 14.2 Å². The fourth-order valence-corrected chi connectivity index (χ4v) is 2.15. The molecule has 0 radical (unpaired) electrons. The lowest BCUT2D eigenvalue weighted by molar-refractivity contribution is -0.127. The van der Waals surface area contributed by atoms with Gasteiger partial charge in [-0.1, -0.05) is 0 Å². The van der Waals surface area contributed by atoms with Crippen LogP contribution in [0.3, 0.4) is 0 Å². The molecule has 1 aliphatic rings. The third-order valence-corrected chi connectivity index (χ3v) is 2.98. The van der Waals surface area contributed by atoms with Gasteiger partial charge in [0.2, 0.25) is 0 Å². The summed E-state index contributed by atoms with van der Waals surface area (Å²) in [5.41, 5.74) is 0. The summed E-state index contributed by atoms with van der Waals surface area (Å²) in [5, 5.41) is 0. The van der Waals surface area contributed by atoms with Crippen molar-refractivity contribution in [1.29, 1.82) is 0 Å². The molecule has 15 heavy (non-hydrogen) atoms. The summed E-state index contributed by atoms with van der Waals surface area (Å²) in [6.45, 7) is 0.331. The van der Waals surface area contributed by atoms with Crippen LogP contribution in [0, 0.1) is 0 Å². The molecule has 0 saturated heterocycles. The van der Waals surface area contributed by atoms with E-state index in [1.54, 1.807) is 29.7 Å². The molecule has 6 heteroatoms. The first-order valence-corrected chi connectivity index (χ1v) is 5.49. The van der Waals surface area contributed by atoms with E-state index in [0.29, 0.717) is 6.61 Å². The van der Waals surface area contributed by atoms with Crippen molar-refractivity contribution in [1.82, 2.24) is 0 Å². The molecule has 0 unspecified atom stereocenters. The fourth-order valence-electron chi connectivity index (χ4n) is 1.51. The van der Waals surface area contributed by atoms with E-state index in [0.717, 1.165) is 0 Å². The number of ether oxygens (including phenoxy) is 4. The topological polar surface area (TPSA) is 36.9 Å². The first kappa shape index (κ1) is 13.1. The summed E-state index contributed by atoms with van der Waals surface area (Å²) >= 11 is 1.79. The molecule has 0 amide bonds. The lowest BCUT2D eigenvalue weighted by Gasteiger charge is -2.35.